The molecule has 1 aliphatic rings. The zero-order valence-electron chi connectivity index (χ0n) is 11.2. The summed E-state index contributed by atoms with van der Waals surface area (Å²) in [5.74, 6) is 0.784. The quantitative estimate of drug-likeness (QED) is 0.748. The van der Waals surface area contributed by atoms with Gasteiger partial charge in [-0.25, -0.2) is 0 Å². The smallest absolute Gasteiger partial charge is 0.0597 e. The molecule has 3 nitrogen and oxygen atoms in total. The maximum Gasteiger partial charge on any atom is 0.0597 e. The summed E-state index contributed by atoms with van der Waals surface area (Å²) in [6, 6.07) is 1.30. The van der Waals surface area contributed by atoms with Gasteiger partial charge in [0.05, 0.1) is 6.61 Å². The number of hydrogen-bond acceptors (Lipinski definition) is 3. The predicted octanol–water partition coefficient (Wildman–Crippen LogP) is 1.47. The molecule has 0 amide bonds. The van der Waals surface area contributed by atoms with Crippen LogP contribution < -0.4 is 5.32 Å². The second-order valence-electron chi connectivity index (χ2n) is 5.56. The van der Waals surface area contributed by atoms with Crippen molar-refractivity contribution in [2.75, 3.05) is 19.7 Å². The van der Waals surface area contributed by atoms with Crippen LogP contribution in [0.3, 0.4) is 0 Å². The lowest BCUT2D eigenvalue weighted by atomic mass is 9.92. The van der Waals surface area contributed by atoms with Crippen LogP contribution in [-0.2, 0) is 0 Å². The second-order valence-corrected chi connectivity index (χ2v) is 5.56. The second kappa shape index (κ2) is 6.58. The molecule has 1 rings (SSSR count). The Morgan fingerprint density at radius 2 is 2.06 bits per heavy atom. The topological polar surface area (TPSA) is 35.5 Å². The van der Waals surface area contributed by atoms with Crippen molar-refractivity contribution in [1.29, 1.82) is 0 Å². The van der Waals surface area contributed by atoms with Gasteiger partial charge in [-0.3, -0.25) is 4.90 Å². The molecule has 0 aliphatic carbocycles. The lowest BCUT2D eigenvalue weighted by Gasteiger charge is -2.40. The van der Waals surface area contributed by atoms with Crippen LogP contribution in [0.1, 0.15) is 40.5 Å². The minimum atomic E-state index is 0.216. The largest absolute Gasteiger partial charge is 0.395 e. The first-order valence-electron chi connectivity index (χ1n) is 6.65. The number of piperidine rings is 1. The molecule has 3 unspecified atom stereocenters. The number of aliphatic hydroxyl groups is 1. The molecular formula is C13H28N2O. The summed E-state index contributed by atoms with van der Waals surface area (Å²) < 4.78 is 0. The van der Waals surface area contributed by atoms with Gasteiger partial charge >= 0.3 is 0 Å². The molecule has 0 spiro atoms. The Kier molecular flexibility index (Phi) is 5.73. The number of likely N-dealkylation sites (tertiary alicyclic amines) is 1. The average Bonchev–Trinajstić information content (AvgIpc) is 2.23. The predicted molar refractivity (Wildman–Crippen MR) is 68.6 cm³/mol. The van der Waals surface area contributed by atoms with Gasteiger partial charge in [0, 0.05) is 24.7 Å². The lowest BCUT2D eigenvalue weighted by Crippen LogP contribution is -2.51. The Hall–Kier alpha value is -0.120. The van der Waals surface area contributed by atoms with Gasteiger partial charge < -0.3 is 10.4 Å². The molecule has 0 aromatic carbocycles. The summed E-state index contributed by atoms with van der Waals surface area (Å²) in [5.41, 5.74) is 0. The van der Waals surface area contributed by atoms with Gasteiger partial charge in [0.2, 0.25) is 0 Å². The third-order valence-electron chi connectivity index (χ3n) is 3.75. The van der Waals surface area contributed by atoms with Crippen LogP contribution in [0.5, 0.6) is 0 Å². The molecule has 0 saturated carbocycles. The Bertz CT molecular complexity index is 196. The molecule has 0 bridgehead atoms. The first-order chi connectivity index (χ1) is 7.54. The van der Waals surface area contributed by atoms with Gasteiger partial charge in [-0.15, -0.1) is 0 Å². The Morgan fingerprint density at radius 3 is 2.62 bits per heavy atom. The lowest BCUT2D eigenvalue weighted by molar-refractivity contribution is 0.0869. The summed E-state index contributed by atoms with van der Waals surface area (Å²) in [7, 11) is 0. The van der Waals surface area contributed by atoms with Crippen molar-refractivity contribution in [1.82, 2.24) is 10.2 Å². The standard InChI is InChI=1S/C13H28N2O/c1-10(2)14-13(9-16)8-15-7-5-6-11(3)12(15)4/h10-14,16H,5-9H2,1-4H3. The normalized spacial score (nSPS) is 29.6. The van der Waals surface area contributed by atoms with E-state index in [1.165, 1.54) is 19.4 Å². The van der Waals surface area contributed by atoms with Crippen LogP contribution in [0, 0.1) is 5.92 Å². The van der Waals surface area contributed by atoms with Crippen molar-refractivity contribution in [2.45, 2.75) is 58.7 Å². The molecule has 2 N–H and O–H groups in total. The molecule has 16 heavy (non-hydrogen) atoms. The van der Waals surface area contributed by atoms with E-state index in [4.69, 9.17) is 0 Å². The zero-order chi connectivity index (χ0) is 12.1. The average molecular weight is 228 g/mol. The molecule has 1 saturated heterocycles. The van der Waals surface area contributed by atoms with Crippen LogP contribution in [0.15, 0.2) is 0 Å². The van der Waals surface area contributed by atoms with E-state index in [1.807, 2.05) is 0 Å². The van der Waals surface area contributed by atoms with E-state index in [2.05, 4.69) is 37.9 Å². The Balaban J connectivity index is 2.43. The highest BCUT2D eigenvalue weighted by atomic mass is 16.3. The molecule has 0 radical (unpaired) electrons. The van der Waals surface area contributed by atoms with Crippen molar-refractivity contribution < 1.29 is 5.11 Å². The van der Waals surface area contributed by atoms with E-state index in [0.29, 0.717) is 12.1 Å². The zero-order valence-corrected chi connectivity index (χ0v) is 11.2. The molecule has 1 fully saturated rings. The first-order valence-corrected chi connectivity index (χ1v) is 6.65. The number of aliphatic hydroxyl groups excluding tert-OH is 1. The fraction of sp³-hybridized carbons (Fsp3) is 1.00. The molecule has 96 valence electrons. The molecule has 0 aromatic heterocycles. The van der Waals surface area contributed by atoms with Gasteiger partial charge in [-0.1, -0.05) is 20.8 Å². The third kappa shape index (κ3) is 4.04. The highest BCUT2D eigenvalue weighted by Crippen LogP contribution is 2.22. The number of rotatable bonds is 5. The highest BCUT2D eigenvalue weighted by molar-refractivity contribution is 4.82. The molecule has 1 heterocycles. The van der Waals surface area contributed by atoms with Crippen LogP contribution in [0.4, 0.5) is 0 Å². The maximum atomic E-state index is 9.37. The van der Waals surface area contributed by atoms with Crippen molar-refractivity contribution >= 4 is 0 Å². The number of nitrogens with zero attached hydrogens (tertiary/aromatic N) is 1. The van der Waals surface area contributed by atoms with Crippen LogP contribution in [0.2, 0.25) is 0 Å². The summed E-state index contributed by atoms with van der Waals surface area (Å²) >= 11 is 0. The summed E-state index contributed by atoms with van der Waals surface area (Å²) in [6.45, 7) is 11.3. The SMILES string of the molecule is CC(C)NC(CO)CN1CCCC(C)C1C. The van der Waals surface area contributed by atoms with Crippen LogP contribution >= 0.6 is 0 Å². The van der Waals surface area contributed by atoms with Crippen molar-refractivity contribution in [3.05, 3.63) is 0 Å². The number of nitrogens with one attached hydrogen (secondary N) is 1. The monoisotopic (exact) mass is 228 g/mol. The van der Waals surface area contributed by atoms with E-state index >= 15 is 0 Å². The van der Waals surface area contributed by atoms with E-state index in [-0.39, 0.29) is 12.6 Å². The molecule has 1 aliphatic heterocycles. The van der Waals surface area contributed by atoms with Gasteiger partial charge in [-0.2, -0.15) is 0 Å². The van der Waals surface area contributed by atoms with Gasteiger partial charge in [0.15, 0.2) is 0 Å². The number of hydrogen-bond donors (Lipinski definition) is 2. The van der Waals surface area contributed by atoms with Crippen molar-refractivity contribution in [3.8, 4) is 0 Å². The maximum absolute atomic E-state index is 9.37. The minimum Gasteiger partial charge on any atom is -0.395 e. The Morgan fingerprint density at radius 1 is 1.38 bits per heavy atom. The molecule has 3 atom stereocenters. The van der Waals surface area contributed by atoms with Crippen LogP contribution in [-0.4, -0.2) is 47.8 Å². The molecule has 0 aromatic rings. The van der Waals surface area contributed by atoms with E-state index in [1.54, 1.807) is 0 Å². The summed E-state index contributed by atoms with van der Waals surface area (Å²) in [6.07, 6.45) is 2.64. The van der Waals surface area contributed by atoms with E-state index < -0.39 is 0 Å². The Labute approximate surface area is 100 Å². The van der Waals surface area contributed by atoms with Gasteiger partial charge in [0.1, 0.15) is 0 Å². The highest BCUT2D eigenvalue weighted by Gasteiger charge is 2.26. The van der Waals surface area contributed by atoms with E-state index in [9.17, 15) is 5.11 Å². The van der Waals surface area contributed by atoms with Crippen molar-refractivity contribution in [2.24, 2.45) is 5.92 Å². The fourth-order valence-corrected chi connectivity index (χ4v) is 2.60. The van der Waals surface area contributed by atoms with Crippen molar-refractivity contribution in [3.63, 3.8) is 0 Å². The molecular weight excluding hydrogens is 200 g/mol. The van der Waals surface area contributed by atoms with Gasteiger partial charge in [0.25, 0.3) is 0 Å². The third-order valence-corrected chi connectivity index (χ3v) is 3.75. The minimum absolute atomic E-state index is 0.216. The first kappa shape index (κ1) is 13.9. The summed E-state index contributed by atoms with van der Waals surface area (Å²) in [5, 5.41) is 12.8. The molecule has 3 heteroatoms. The van der Waals surface area contributed by atoms with Gasteiger partial charge in [-0.05, 0) is 32.2 Å². The summed E-state index contributed by atoms with van der Waals surface area (Å²) in [4.78, 5) is 2.52. The van der Waals surface area contributed by atoms with E-state index in [0.717, 1.165) is 12.5 Å². The fourth-order valence-electron chi connectivity index (χ4n) is 2.60. The van der Waals surface area contributed by atoms with Crippen LogP contribution in [0.25, 0.3) is 0 Å².